The van der Waals surface area contributed by atoms with Crippen LogP contribution in [-0.4, -0.2) is 30.4 Å². The lowest BCUT2D eigenvalue weighted by Gasteiger charge is -2.09. The van der Waals surface area contributed by atoms with Crippen molar-refractivity contribution < 1.29 is 14.3 Å². The molecule has 2 N–H and O–H groups in total. The van der Waals surface area contributed by atoms with Crippen LogP contribution in [0, 0.1) is 0 Å². The first-order valence-corrected chi connectivity index (χ1v) is 7.96. The third-order valence-electron chi connectivity index (χ3n) is 2.65. The highest BCUT2D eigenvalue weighted by Crippen LogP contribution is 2.14. The van der Waals surface area contributed by atoms with E-state index in [9.17, 15) is 9.59 Å². The van der Waals surface area contributed by atoms with Gasteiger partial charge in [0.2, 0.25) is 5.91 Å². The Hall–Kier alpha value is -1.60. The predicted molar refractivity (Wildman–Crippen MR) is 87.1 cm³/mol. The molecular weight excluding hydrogens is 308 g/mol. The van der Waals surface area contributed by atoms with Gasteiger partial charge in [0.25, 0.3) is 0 Å². The molecule has 1 rings (SSSR count). The highest BCUT2D eigenvalue weighted by Gasteiger charge is 2.08. The lowest BCUT2D eigenvalue weighted by atomic mass is 10.2. The van der Waals surface area contributed by atoms with Crippen LogP contribution in [0.1, 0.15) is 18.4 Å². The summed E-state index contributed by atoms with van der Waals surface area (Å²) in [7, 11) is 1.29. The number of hydrogen-bond donors (Lipinski definition) is 2. The number of nitrogens with one attached hydrogen (secondary N) is 2. The fraction of sp³-hybridized carbons (Fsp3) is 0.357. The molecule has 1 amide bonds. The number of thioether (sulfide) groups is 1. The van der Waals surface area contributed by atoms with Crippen molar-refractivity contribution in [2.45, 2.75) is 24.3 Å². The van der Waals surface area contributed by atoms with E-state index >= 15 is 0 Å². The van der Waals surface area contributed by atoms with Crippen LogP contribution in [0.2, 0.25) is 0 Å². The van der Waals surface area contributed by atoms with E-state index < -0.39 is 5.97 Å². The predicted octanol–water partition coefficient (Wildman–Crippen LogP) is 1.85. The van der Waals surface area contributed by atoms with Crippen molar-refractivity contribution in [2.75, 3.05) is 13.4 Å². The summed E-state index contributed by atoms with van der Waals surface area (Å²) in [4.78, 5) is 23.6. The molecule has 0 aliphatic rings. The summed E-state index contributed by atoms with van der Waals surface area (Å²) in [5, 5.41) is 5.72. The molecule has 0 saturated heterocycles. The maximum absolute atomic E-state index is 11.5. The van der Waals surface area contributed by atoms with Crippen molar-refractivity contribution in [1.82, 2.24) is 10.6 Å². The summed E-state index contributed by atoms with van der Waals surface area (Å²) in [6.07, 6.45) is 2.12. The van der Waals surface area contributed by atoms with Crippen molar-refractivity contribution in [2.24, 2.45) is 0 Å². The Balaban J connectivity index is 2.29. The largest absolute Gasteiger partial charge is 0.469 e. The Labute approximate surface area is 133 Å². The summed E-state index contributed by atoms with van der Waals surface area (Å²) >= 11 is 6.70. The number of hydrogen-bond acceptors (Lipinski definition) is 5. The van der Waals surface area contributed by atoms with Gasteiger partial charge in [-0.1, -0.05) is 12.1 Å². The molecule has 114 valence electrons. The van der Waals surface area contributed by atoms with E-state index in [1.807, 2.05) is 30.5 Å². The Morgan fingerprint density at radius 1 is 1.24 bits per heavy atom. The molecular formula is C14H18N2O3S2. The van der Waals surface area contributed by atoms with E-state index in [2.05, 4.69) is 15.4 Å². The second kappa shape index (κ2) is 9.36. The topological polar surface area (TPSA) is 67.4 Å². The second-order valence-electron chi connectivity index (χ2n) is 4.16. The summed E-state index contributed by atoms with van der Waals surface area (Å²) in [6, 6.07) is 8.06. The molecule has 1 aromatic rings. The van der Waals surface area contributed by atoms with E-state index in [4.69, 9.17) is 12.2 Å². The van der Waals surface area contributed by atoms with Crippen molar-refractivity contribution in [3.05, 3.63) is 29.8 Å². The van der Waals surface area contributed by atoms with Gasteiger partial charge in [-0.05, 0) is 36.2 Å². The van der Waals surface area contributed by atoms with Crippen LogP contribution in [0.3, 0.4) is 0 Å². The normalized spacial score (nSPS) is 9.81. The molecule has 0 unspecified atom stereocenters. The van der Waals surface area contributed by atoms with Gasteiger partial charge in [0, 0.05) is 17.9 Å². The highest BCUT2D eigenvalue weighted by molar-refractivity contribution is 7.98. The van der Waals surface area contributed by atoms with E-state index in [0.29, 0.717) is 6.54 Å². The number of amides is 1. The minimum absolute atomic E-state index is 0.0428. The summed E-state index contributed by atoms with van der Waals surface area (Å²) in [5.41, 5.74) is 1.07. The molecule has 0 aliphatic heterocycles. The first kappa shape index (κ1) is 17.5. The lowest BCUT2D eigenvalue weighted by molar-refractivity contribution is -0.142. The number of thiocarbonyl (C=S) groups is 1. The molecule has 21 heavy (non-hydrogen) atoms. The fourth-order valence-corrected chi connectivity index (χ4v) is 2.07. The van der Waals surface area contributed by atoms with E-state index in [-0.39, 0.29) is 23.9 Å². The molecule has 0 heterocycles. The molecule has 0 bridgehead atoms. The summed E-state index contributed by atoms with van der Waals surface area (Å²) in [6.45, 7) is 0.533. The fourth-order valence-electron chi connectivity index (χ4n) is 1.48. The maximum Gasteiger partial charge on any atom is 0.306 e. The first-order chi connectivity index (χ1) is 10.0. The zero-order chi connectivity index (χ0) is 15.7. The average molecular weight is 326 g/mol. The van der Waals surface area contributed by atoms with Crippen LogP contribution >= 0.6 is 24.0 Å². The van der Waals surface area contributed by atoms with Gasteiger partial charge in [-0.2, -0.15) is 0 Å². The molecule has 0 aliphatic carbocycles. The monoisotopic (exact) mass is 326 g/mol. The number of esters is 1. The summed E-state index contributed by atoms with van der Waals surface area (Å²) in [5.74, 6) is -0.728. The van der Waals surface area contributed by atoms with E-state index in [1.54, 1.807) is 11.8 Å². The molecule has 0 atom stereocenters. The van der Waals surface area contributed by atoms with Crippen LogP contribution in [0.15, 0.2) is 29.2 Å². The third-order valence-corrected chi connectivity index (χ3v) is 3.64. The Kier molecular flexibility index (Phi) is 7.78. The number of benzene rings is 1. The van der Waals surface area contributed by atoms with Gasteiger partial charge < -0.3 is 15.4 Å². The molecule has 0 saturated carbocycles. The smallest absolute Gasteiger partial charge is 0.306 e. The van der Waals surface area contributed by atoms with Gasteiger partial charge in [0.1, 0.15) is 0 Å². The van der Waals surface area contributed by atoms with E-state index in [0.717, 1.165) is 5.56 Å². The lowest BCUT2D eigenvalue weighted by Crippen LogP contribution is -2.38. The van der Waals surface area contributed by atoms with Gasteiger partial charge in [0.05, 0.1) is 13.5 Å². The number of ether oxygens (including phenoxy) is 1. The van der Waals surface area contributed by atoms with Gasteiger partial charge in [-0.15, -0.1) is 11.8 Å². The number of rotatable bonds is 6. The number of methoxy groups -OCH3 is 1. The molecule has 0 spiro atoms. The van der Waals surface area contributed by atoms with Crippen molar-refractivity contribution in [3.63, 3.8) is 0 Å². The van der Waals surface area contributed by atoms with Crippen LogP contribution < -0.4 is 10.6 Å². The second-order valence-corrected chi connectivity index (χ2v) is 5.44. The van der Waals surface area contributed by atoms with Crippen LogP contribution in [0.25, 0.3) is 0 Å². The van der Waals surface area contributed by atoms with Crippen LogP contribution in [0.4, 0.5) is 0 Å². The Bertz CT molecular complexity index is 503. The van der Waals surface area contributed by atoms with Crippen molar-refractivity contribution in [3.8, 4) is 0 Å². The highest BCUT2D eigenvalue weighted by atomic mass is 32.2. The standard InChI is InChI=1S/C14H18N2O3S2/c1-19-13(18)8-7-12(17)16-14(20)15-9-10-3-5-11(21-2)6-4-10/h3-6H,7-9H2,1-2H3,(H2,15,16,17,20). The summed E-state index contributed by atoms with van der Waals surface area (Å²) < 4.78 is 4.46. The third kappa shape index (κ3) is 7.10. The minimum Gasteiger partial charge on any atom is -0.469 e. The zero-order valence-corrected chi connectivity index (χ0v) is 13.6. The SMILES string of the molecule is COC(=O)CCC(=O)NC(=S)NCc1ccc(SC)cc1. The molecule has 7 heteroatoms. The zero-order valence-electron chi connectivity index (χ0n) is 12.0. The molecule has 0 fully saturated rings. The van der Waals surface area contributed by atoms with Gasteiger partial charge in [-0.25, -0.2) is 0 Å². The van der Waals surface area contributed by atoms with Gasteiger partial charge in [0.15, 0.2) is 5.11 Å². The average Bonchev–Trinajstić information content (AvgIpc) is 2.51. The van der Waals surface area contributed by atoms with Crippen molar-refractivity contribution >= 4 is 41.0 Å². The molecule has 5 nitrogen and oxygen atoms in total. The van der Waals surface area contributed by atoms with Crippen LogP contribution in [-0.2, 0) is 20.9 Å². The number of carbonyl (C=O) groups excluding carboxylic acids is 2. The molecule has 0 radical (unpaired) electrons. The molecule has 0 aromatic heterocycles. The number of carbonyl (C=O) groups is 2. The maximum atomic E-state index is 11.5. The first-order valence-electron chi connectivity index (χ1n) is 6.32. The molecule has 1 aromatic carbocycles. The quantitative estimate of drug-likeness (QED) is 0.472. The minimum atomic E-state index is -0.419. The Morgan fingerprint density at radius 3 is 2.48 bits per heavy atom. The van der Waals surface area contributed by atoms with Gasteiger partial charge in [-0.3, -0.25) is 9.59 Å². The Morgan fingerprint density at radius 2 is 1.90 bits per heavy atom. The van der Waals surface area contributed by atoms with E-state index in [1.165, 1.54) is 12.0 Å². The van der Waals surface area contributed by atoms with Gasteiger partial charge >= 0.3 is 5.97 Å². The van der Waals surface area contributed by atoms with Crippen molar-refractivity contribution in [1.29, 1.82) is 0 Å². The van der Waals surface area contributed by atoms with Crippen LogP contribution in [0.5, 0.6) is 0 Å².